The Morgan fingerprint density at radius 3 is 2.67 bits per heavy atom. The molecule has 1 aromatic carbocycles. The van der Waals surface area contributed by atoms with Gasteiger partial charge in [-0.25, -0.2) is 0 Å². The number of nitrogens with zero attached hydrogens (tertiary/aromatic N) is 2. The highest BCUT2D eigenvalue weighted by atomic mass is 16.9. The lowest BCUT2D eigenvalue weighted by atomic mass is 10.0. The molecule has 0 saturated carbocycles. The summed E-state index contributed by atoms with van der Waals surface area (Å²) in [7, 11) is 0. The molecule has 4 rings (SSSR count). The highest BCUT2D eigenvalue weighted by Gasteiger charge is 2.28. The summed E-state index contributed by atoms with van der Waals surface area (Å²) in [6, 6.07) is 14.8. The average molecular weight is 322 g/mol. The average Bonchev–Trinajstić information content (AvgIpc) is 2.60. The van der Waals surface area contributed by atoms with Crippen molar-refractivity contribution in [3.05, 3.63) is 71.6 Å². The van der Waals surface area contributed by atoms with Crippen LogP contribution in [0, 0.1) is 0 Å². The summed E-state index contributed by atoms with van der Waals surface area (Å²) in [6.07, 6.45) is 4.88. The molecule has 0 radical (unpaired) electrons. The lowest BCUT2D eigenvalue weighted by molar-refractivity contribution is -0.382. The summed E-state index contributed by atoms with van der Waals surface area (Å²) in [5, 5.41) is 0. The van der Waals surface area contributed by atoms with Crippen molar-refractivity contribution in [2.24, 2.45) is 0 Å². The summed E-state index contributed by atoms with van der Waals surface area (Å²) < 4.78 is 11.0. The van der Waals surface area contributed by atoms with Gasteiger partial charge in [-0.1, -0.05) is 42.5 Å². The molecule has 1 saturated heterocycles. The van der Waals surface area contributed by atoms with Gasteiger partial charge in [0.2, 0.25) is 0 Å². The Bertz CT molecular complexity index is 706. The van der Waals surface area contributed by atoms with Crippen LogP contribution in [0.1, 0.15) is 36.5 Å². The Kier molecular flexibility index (Phi) is 4.43. The quantitative estimate of drug-likeness (QED) is 0.858. The van der Waals surface area contributed by atoms with Gasteiger partial charge in [-0.2, -0.15) is 0 Å². The van der Waals surface area contributed by atoms with Gasteiger partial charge in [0.25, 0.3) is 0 Å². The highest BCUT2D eigenvalue weighted by molar-refractivity contribution is 5.64. The molecule has 0 atom stereocenters. The topological polar surface area (TPSA) is 34.6 Å². The van der Waals surface area contributed by atoms with Gasteiger partial charge in [-0.15, -0.1) is 0 Å². The largest absolute Gasteiger partial charge is 0.319 e. The van der Waals surface area contributed by atoms with Crippen molar-refractivity contribution >= 4 is 5.57 Å². The third-order valence-electron chi connectivity index (χ3n) is 4.50. The van der Waals surface area contributed by atoms with Crippen molar-refractivity contribution in [2.45, 2.75) is 32.5 Å². The second-order valence-corrected chi connectivity index (χ2v) is 6.36. The summed E-state index contributed by atoms with van der Waals surface area (Å²) >= 11 is 0. The van der Waals surface area contributed by atoms with Crippen molar-refractivity contribution in [1.82, 2.24) is 9.88 Å². The van der Waals surface area contributed by atoms with E-state index in [9.17, 15) is 0 Å². The highest BCUT2D eigenvalue weighted by Crippen LogP contribution is 2.31. The van der Waals surface area contributed by atoms with Gasteiger partial charge in [0.15, 0.2) is 12.6 Å². The molecule has 4 heteroatoms. The SMILES string of the molecule is CC1OC(c2ccc(C3=CCCN(Cc4ccccc4)C3)nc2)O1. The molecule has 24 heavy (non-hydrogen) atoms. The van der Waals surface area contributed by atoms with Crippen LogP contribution in [0.15, 0.2) is 54.7 Å². The van der Waals surface area contributed by atoms with Gasteiger partial charge in [0.1, 0.15) is 0 Å². The second-order valence-electron chi connectivity index (χ2n) is 6.36. The van der Waals surface area contributed by atoms with Gasteiger partial charge in [-0.3, -0.25) is 9.88 Å². The van der Waals surface area contributed by atoms with Crippen molar-refractivity contribution in [3.63, 3.8) is 0 Å². The summed E-state index contributed by atoms with van der Waals surface area (Å²) in [5.41, 5.74) is 4.68. The lowest BCUT2D eigenvalue weighted by Gasteiger charge is -2.33. The molecular weight excluding hydrogens is 300 g/mol. The van der Waals surface area contributed by atoms with E-state index < -0.39 is 0 Å². The fraction of sp³-hybridized carbons (Fsp3) is 0.350. The number of hydrogen-bond donors (Lipinski definition) is 0. The third kappa shape index (κ3) is 3.41. The van der Waals surface area contributed by atoms with E-state index in [0.29, 0.717) is 0 Å². The molecule has 2 aromatic rings. The molecule has 4 nitrogen and oxygen atoms in total. The molecule has 0 aliphatic carbocycles. The molecule has 0 unspecified atom stereocenters. The van der Waals surface area contributed by atoms with Crippen LogP contribution in [-0.2, 0) is 16.0 Å². The van der Waals surface area contributed by atoms with Crippen LogP contribution in [-0.4, -0.2) is 29.3 Å². The first-order valence-electron chi connectivity index (χ1n) is 8.50. The van der Waals surface area contributed by atoms with Crippen LogP contribution < -0.4 is 0 Å². The first kappa shape index (κ1) is 15.5. The number of pyridine rings is 1. The van der Waals surface area contributed by atoms with Crippen LogP contribution in [0.3, 0.4) is 0 Å². The zero-order valence-corrected chi connectivity index (χ0v) is 13.9. The normalized spacial score (nSPS) is 24.3. The monoisotopic (exact) mass is 322 g/mol. The molecule has 0 amide bonds. The molecule has 2 aliphatic heterocycles. The van der Waals surface area contributed by atoms with Crippen molar-refractivity contribution in [3.8, 4) is 0 Å². The van der Waals surface area contributed by atoms with Crippen LogP contribution in [0.4, 0.5) is 0 Å². The van der Waals surface area contributed by atoms with Gasteiger partial charge in [0.05, 0.1) is 5.69 Å². The number of hydrogen-bond acceptors (Lipinski definition) is 4. The summed E-state index contributed by atoms with van der Waals surface area (Å²) in [4.78, 5) is 7.09. The fourth-order valence-electron chi connectivity index (χ4n) is 3.22. The Morgan fingerprint density at radius 1 is 1.12 bits per heavy atom. The van der Waals surface area contributed by atoms with Gasteiger partial charge >= 0.3 is 0 Å². The summed E-state index contributed by atoms with van der Waals surface area (Å²) in [5.74, 6) is 0. The van der Waals surface area contributed by atoms with E-state index in [1.165, 1.54) is 11.1 Å². The molecule has 1 fully saturated rings. The van der Waals surface area contributed by atoms with E-state index >= 15 is 0 Å². The number of aromatic nitrogens is 1. The van der Waals surface area contributed by atoms with Crippen LogP contribution in [0.25, 0.3) is 5.57 Å². The minimum absolute atomic E-state index is 0.109. The minimum atomic E-state index is -0.253. The first-order chi connectivity index (χ1) is 11.8. The first-order valence-corrected chi connectivity index (χ1v) is 8.50. The van der Waals surface area contributed by atoms with Crippen molar-refractivity contribution < 1.29 is 9.47 Å². The van der Waals surface area contributed by atoms with Crippen LogP contribution in [0.2, 0.25) is 0 Å². The molecular formula is C20H22N2O2. The Labute approximate surface area is 142 Å². The molecule has 1 aromatic heterocycles. The Morgan fingerprint density at radius 2 is 1.96 bits per heavy atom. The zero-order valence-electron chi connectivity index (χ0n) is 13.9. The second kappa shape index (κ2) is 6.85. The minimum Gasteiger partial charge on any atom is -0.319 e. The van der Waals surface area contributed by atoms with E-state index in [0.717, 1.165) is 37.3 Å². The van der Waals surface area contributed by atoms with Crippen molar-refractivity contribution in [1.29, 1.82) is 0 Å². The van der Waals surface area contributed by atoms with E-state index in [2.05, 4.69) is 58.4 Å². The molecule has 0 N–H and O–H groups in total. The summed E-state index contributed by atoms with van der Waals surface area (Å²) in [6.45, 7) is 4.91. The Hall–Kier alpha value is -2.01. The zero-order chi connectivity index (χ0) is 16.4. The van der Waals surface area contributed by atoms with E-state index in [1.54, 1.807) is 0 Å². The Balaban J connectivity index is 1.41. The number of ether oxygens (including phenoxy) is 2. The maximum Gasteiger partial charge on any atom is 0.191 e. The van der Waals surface area contributed by atoms with E-state index in [1.807, 2.05) is 13.1 Å². The predicted molar refractivity (Wildman–Crippen MR) is 92.9 cm³/mol. The molecule has 0 bridgehead atoms. The van der Waals surface area contributed by atoms with Crippen LogP contribution >= 0.6 is 0 Å². The number of benzene rings is 1. The predicted octanol–water partition coefficient (Wildman–Crippen LogP) is 3.76. The standard InChI is InChI=1S/C20H22N2O2/c1-15-23-20(24-15)17-9-10-19(21-12-17)18-8-5-11-22(14-18)13-16-6-3-2-4-7-16/h2-4,6-10,12,15,20H,5,11,13-14H2,1H3. The number of rotatable bonds is 4. The van der Waals surface area contributed by atoms with E-state index in [4.69, 9.17) is 9.47 Å². The maximum atomic E-state index is 5.51. The lowest BCUT2D eigenvalue weighted by Crippen LogP contribution is -2.31. The maximum absolute atomic E-state index is 5.51. The molecule has 124 valence electrons. The van der Waals surface area contributed by atoms with Crippen molar-refractivity contribution in [2.75, 3.05) is 13.1 Å². The van der Waals surface area contributed by atoms with Crippen LogP contribution in [0.5, 0.6) is 0 Å². The van der Waals surface area contributed by atoms with E-state index in [-0.39, 0.29) is 12.6 Å². The van der Waals surface area contributed by atoms with Gasteiger partial charge in [-0.05, 0) is 30.5 Å². The third-order valence-corrected chi connectivity index (χ3v) is 4.50. The van der Waals surface area contributed by atoms with Gasteiger partial charge < -0.3 is 9.47 Å². The smallest absolute Gasteiger partial charge is 0.191 e. The fourth-order valence-corrected chi connectivity index (χ4v) is 3.22. The molecule has 3 heterocycles. The van der Waals surface area contributed by atoms with Gasteiger partial charge in [0, 0.05) is 31.4 Å². The molecule has 0 spiro atoms. The molecule has 2 aliphatic rings.